The van der Waals surface area contributed by atoms with E-state index in [0.29, 0.717) is 12.2 Å². The quantitative estimate of drug-likeness (QED) is 0.770. The first-order chi connectivity index (χ1) is 9.79. The predicted molar refractivity (Wildman–Crippen MR) is 80.0 cm³/mol. The Kier molecular flexibility index (Phi) is 5.32. The average Bonchev–Trinajstić information content (AvgIpc) is 3.18. The molecule has 0 radical (unpaired) electrons. The maximum atomic E-state index is 6.16. The highest BCUT2D eigenvalue weighted by molar-refractivity contribution is 4.84. The van der Waals surface area contributed by atoms with Crippen LogP contribution in [0, 0.1) is 5.92 Å². The SMILES string of the molecule is CN(CC1CCCOC1)CC1CCC(CNC2CC2)O1. The van der Waals surface area contributed by atoms with Crippen LogP contribution in [0.3, 0.4) is 0 Å². The van der Waals surface area contributed by atoms with Crippen molar-refractivity contribution in [2.24, 2.45) is 5.92 Å². The van der Waals surface area contributed by atoms with Gasteiger partial charge in [-0.25, -0.2) is 0 Å². The van der Waals surface area contributed by atoms with Gasteiger partial charge in [-0.2, -0.15) is 0 Å². The zero-order valence-electron chi connectivity index (χ0n) is 12.9. The van der Waals surface area contributed by atoms with Crippen molar-refractivity contribution < 1.29 is 9.47 Å². The second kappa shape index (κ2) is 7.21. The van der Waals surface area contributed by atoms with Gasteiger partial charge in [0, 0.05) is 32.3 Å². The van der Waals surface area contributed by atoms with Gasteiger partial charge in [0.05, 0.1) is 18.8 Å². The van der Waals surface area contributed by atoms with E-state index in [0.717, 1.165) is 44.8 Å². The average molecular weight is 282 g/mol. The lowest BCUT2D eigenvalue weighted by Crippen LogP contribution is -2.36. The molecule has 3 unspecified atom stereocenters. The van der Waals surface area contributed by atoms with Gasteiger partial charge in [-0.15, -0.1) is 0 Å². The summed E-state index contributed by atoms with van der Waals surface area (Å²) in [5, 5.41) is 3.58. The van der Waals surface area contributed by atoms with Crippen molar-refractivity contribution in [3.8, 4) is 0 Å². The summed E-state index contributed by atoms with van der Waals surface area (Å²) < 4.78 is 11.7. The maximum Gasteiger partial charge on any atom is 0.0707 e. The Balaban J connectivity index is 1.30. The molecular weight excluding hydrogens is 252 g/mol. The lowest BCUT2D eigenvalue weighted by molar-refractivity contribution is 0.0113. The molecule has 3 aliphatic rings. The van der Waals surface area contributed by atoms with Crippen LogP contribution in [-0.2, 0) is 9.47 Å². The summed E-state index contributed by atoms with van der Waals surface area (Å²) in [5.74, 6) is 0.725. The highest BCUT2D eigenvalue weighted by atomic mass is 16.5. The maximum absolute atomic E-state index is 6.16. The Morgan fingerprint density at radius 1 is 1.05 bits per heavy atom. The standard InChI is InChI=1S/C16H30N2O2/c1-18(10-13-3-2-8-19-12-13)11-16-7-6-15(20-16)9-17-14-4-5-14/h13-17H,2-12H2,1H3. The molecule has 4 nitrogen and oxygen atoms in total. The number of likely N-dealkylation sites (N-methyl/N-ethyl adjacent to an activating group) is 1. The summed E-state index contributed by atoms with van der Waals surface area (Å²) in [6, 6.07) is 0.798. The van der Waals surface area contributed by atoms with Gasteiger partial charge in [0.25, 0.3) is 0 Å². The molecule has 1 saturated carbocycles. The molecule has 0 amide bonds. The first-order valence-corrected chi connectivity index (χ1v) is 8.44. The Morgan fingerprint density at radius 3 is 2.65 bits per heavy atom. The third-order valence-corrected chi connectivity index (χ3v) is 4.75. The largest absolute Gasteiger partial charge is 0.381 e. The highest BCUT2D eigenvalue weighted by Crippen LogP contribution is 2.23. The van der Waals surface area contributed by atoms with Crippen LogP contribution < -0.4 is 5.32 Å². The normalized spacial score (nSPS) is 34.8. The third kappa shape index (κ3) is 4.69. The van der Waals surface area contributed by atoms with Crippen molar-refractivity contribution in [1.82, 2.24) is 10.2 Å². The molecule has 3 rings (SSSR count). The Labute approximate surface area is 123 Å². The van der Waals surface area contributed by atoms with Crippen LogP contribution in [0.1, 0.15) is 38.5 Å². The van der Waals surface area contributed by atoms with Crippen molar-refractivity contribution in [2.75, 3.05) is 39.9 Å². The Morgan fingerprint density at radius 2 is 1.90 bits per heavy atom. The molecule has 20 heavy (non-hydrogen) atoms. The van der Waals surface area contributed by atoms with E-state index in [-0.39, 0.29) is 0 Å². The van der Waals surface area contributed by atoms with E-state index < -0.39 is 0 Å². The van der Waals surface area contributed by atoms with Gasteiger partial charge in [0.1, 0.15) is 0 Å². The summed E-state index contributed by atoms with van der Waals surface area (Å²) >= 11 is 0. The fraction of sp³-hybridized carbons (Fsp3) is 1.00. The molecule has 0 aromatic heterocycles. The van der Waals surface area contributed by atoms with Crippen LogP contribution in [-0.4, -0.2) is 63.0 Å². The summed E-state index contributed by atoms with van der Waals surface area (Å²) in [4.78, 5) is 2.45. The molecule has 0 aromatic carbocycles. The van der Waals surface area contributed by atoms with Crippen LogP contribution in [0.4, 0.5) is 0 Å². The molecule has 116 valence electrons. The number of nitrogens with zero attached hydrogens (tertiary/aromatic N) is 1. The van der Waals surface area contributed by atoms with Crippen LogP contribution >= 0.6 is 0 Å². The number of rotatable bonds is 7. The first-order valence-electron chi connectivity index (χ1n) is 8.44. The lowest BCUT2D eigenvalue weighted by Gasteiger charge is -2.28. The fourth-order valence-corrected chi connectivity index (χ4v) is 3.46. The van der Waals surface area contributed by atoms with Gasteiger partial charge < -0.3 is 19.7 Å². The molecule has 0 spiro atoms. The topological polar surface area (TPSA) is 33.7 Å². The zero-order valence-corrected chi connectivity index (χ0v) is 12.9. The van der Waals surface area contributed by atoms with Gasteiger partial charge in [0.2, 0.25) is 0 Å². The van der Waals surface area contributed by atoms with Crippen LogP contribution in [0.15, 0.2) is 0 Å². The van der Waals surface area contributed by atoms with E-state index in [1.807, 2.05) is 0 Å². The van der Waals surface area contributed by atoms with Crippen molar-refractivity contribution in [2.45, 2.75) is 56.8 Å². The van der Waals surface area contributed by atoms with Crippen LogP contribution in [0.25, 0.3) is 0 Å². The summed E-state index contributed by atoms with van der Waals surface area (Å²) in [7, 11) is 2.23. The zero-order chi connectivity index (χ0) is 13.8. The summed E-state index contributed by atoms with van der Waals surface area (Å²) in [6.07, 6.45) is 8.62. The van der Waals surface area contributed by atoms with Crippen molar-refractivity contribution >= 4 is 0 Å². The second-order valence-electron chi connectivity index (χ2n) is 6.94. The fourth-order valence-electron chi connectivity index (χ4n) is 3.46. The summed E-state index contributed by atoms with van der Waals surface area (Å²) in [6.45, 7) is 5.20. The van der Waals surface area contributed by atoms with Gasteiger partial charge in [-0.1, -0.05) is 0 Å². The molecule has 1 aliphatic carbocycles. The molecule has 0 aromatic rings. The van der Waals surface area contributed by atoms with E-state index in [1.165, 1.54) is 38.5 Å². The van der Waals surface area contributed by atoms with E-state index >= 15 is 0 Å². The number of hydrogen-bond donors (Lipinski definition) is 1. The number of nitrogens with one attached hydrogen (secondary N) is 1. The van der Waals surface area contributed by atoms with E-state index in [1.54, 1.807) is 0 Å². The monoisotopic (exact) mass is 282 g/mol. The highest BCUT2D eigenvalue weighted by Gasteiger charge is 2.29. The van der Waals surface area contributed by atoms with Gasteiger partial charge in [-0.05, 0) is 51.5 Å². The smallest absolute Gasteiger partial charge is 0.0707 e. The molecule has 0 bridgehead atoms. The minimum atomic E-state index is 0.440. The number of hydrogen-bond acceptors (Lipinski definition) is 4. The molecule has 2 heterocycles. The molecule has 4 heteroatoms. The summed E-state index contributed by atoms with van der Waals surface area (Å²) in [5.41, 5.74) is 0. The van der Waals surface area contributed by atoms with E-state index in [2.05, 4.69) is 17.3 Å². The molecule has 1 N–H and O–H groups in total. The van der Waals surface area contributed by atoms with E-state index in [9.17, 15) is 0 Å². The third-order valence-electron chi connectivity index (χ3n) is 4.75. The molecule has 2 aliphatic heterocycles. The molecule has 2 saturated heterocycles. The van der Waals surface area contributed by atoms with Crippen molar-refractivity contribution in [1.29, 1.82) is 0 Å². The van der Waals surface area contributed by atoms with Crippen LogP contribution in [0.2, 0.25) is 0 Å². The minimum Gasteiger partial charge on any atom is -0.381 e. The van der Waals surface area contributed by atoms with E-state index in [4.69, 9.17) is 9.47 Å². The lowest BCUT2D eigenvalue weighted by atomic mass is 10.0. The molecule has 3 atom stereocenters. The van der Waals surface area contributed by atoms with Crippen molar-refractivity contribution in [3.63, 3.8) is 0 Å². The Hall–Kier alpha value is -0.160. The van der Waals surface area contributed by atoms with Gasteiger partial charge in [-0.3, -0.25) is 0 Å². The minimum absolute atomic E-state index is 0.440. The van der Waals surface area contributed by atoms with Crippen LogP contribution in [0.5, 0.6) is 0 Å². The molecule has 3 fully saturated rings. The molecular formula is C16H30N2O2. The van der Waals surface area contributed by atoms with Gasteiger partial charge >= 0.3 is 0 Å². The van der Waals surface area contributed by atoms with Crippen molar-refractivity contribution in [3.05, 3.63) is 0 Å². The second-order valence-corrected chi connectivity index (χ2v) is 6.94. The predicted octanol–water partition coefficient (Wildman–Crippen LogP) is 1.64. The van der Waals surface area contributed by atoms with Gasteiger partial charge in [0.15, 0.2) is 0 Å². The first kappa shape index (κ1) is 14.8. The Bertz CT molecular complexity index is 290. The number of ether oxygens (including phenoxy) is 2.